The van der Waals surface area contributed by atoms with Crippen LogP contribution in [0.15, 0.2) is 77.3 Å². The Labute approximate surface area is 218 Å². The number of nitrogens with one attached hydrogen (secondary N) is 1. The summed E-state index contributed by atoms with van der Waals surface area (Å²) in [4.78, 5) is 28.2. The number of anilines is 2. The van der Waals surface area contributed by atoms with Crippen molar-refractivity contribution in [2.75, 3.05) is 10.2 Å². The van der Waals surface area contributed by atoms with Crippen LogP contribution in [0.3, 0.4) is 0 Å². The lowest BCUT2D eigenvalue weighted by Crippen LogP contribution is -2.31. The summed E-state index contributed by atoms with van der Waals surface area (Å²) in [6.07, 6.45) is 0.299. The van der Waals surface area contributed by atoms with Crippen LogP contribution >= 0.6 is 35.0 Å². The SMILES string of the molecule is Cc1ccc(NC(=O)/C(C#N)=C2\S[C@@H](Cc3cc(Cl)ccc3Cl)C(=O)N2c2ccc(C)cc2)cc1. The first-order valence-electron chi connectivity index (χ1n) is 10.8. The molecule has 1 aliphatic heterocycles. The zero-order valence-electron chi connectivity index (χ0n) is 19.0. The van der Waals surface area contributed by atoms with E-state index in [4.69, 9.17) is 23.2 Å². The number of nitriles is 1. The molecule has 0 saturated carbocycles. The topological polar surface area (TPSA) is 73.2 Å². The van der Waals surface area contributed by atoms with E-state index in [0.29, 0.717) is 27.8 Å². The second-order valence-electron chi connectivity index (χ2n) is 8.17. The van der Waals surface area contributed by atoms with E-state index < -0.39 is 11.2 Å². The van der Waals surface area contributed by atoms with Crippen molar-refractivity contribution >= 4 is 58.2 Å². The van der Waals surface area contributed by atoms with Gasteiger partial charge in [0, 0.05) is 21.4 Å². The summed E-state index contributed by atoms with van der Waals surface area (Å²) < 4.78 is 0. The summed E-state index contributed by atoms with van der Waals surface area (Å²) in [5.74, 6) is -0.814. The lowest BCUT2D eigenvalue weighted by atomic mass is 10.1. The van der Waals surface area contributed by atoms with E-state index in [2.05, 4.69) is 5.32 Å². The van der Waals surface area contributed by atoms with E-state index in [1.165, 1.54) is 16.7 Å². The summed E-state index contributed by atoms with van der Waals surface area (Å²) >= 11 is 13.7. The van der Waals surface area contributed by atoms with Crippen LogP contribution < -0.4 is 10.2 Å². The lowest BCUT2D eigenvalue weighted by Gasteiger charge is -2.19. The van der Waals surface area contributed by atoms with Crippen LogP contribution in [0.25, 0.3) is 0 Å². The molecule has 3 aromatic carbocycles. The Bertz CT molecular complexity index is 1360. The Balaban J connectivity index is 1.73. The highest BCUT2D eigenvalue weighted by atomic mass is 35.5. The molecule has 0 spiro atoms. The van der Waals surface area contributed by atoms with Gasteiger partial charge < -0.3 is 5.32 Å². The van der Waals surface area contributed by atoms with Crippen LogP contribution in [0.4, 0.5) is 11.4 Å². The molecule has 1 aliphatic rings. The highest BCUT2D eigenvalue weighted by Gasteiger charge is 2.41. The van der Waals surface area contributed by atoms with Crippen molar-refractivity contribution in [1.29, 1.82) is 5.26 Å². The Kier molecular flexibility index (Phi) is 7.51. The maximum atomic E-state index is 13.6. The van der Waals surface area contributed by atoms with Crippen LogP contribution in [0, 0.1) is 25.2 Å². The molecular formula is C27H21Cl2N3O2S. The zero-order chi connectivity index (χ0) is 25.1. The van der Waals surface area contributed by atoms with Crippen LogP contribution in [0.1, 0.15) is 16.7 Å². The molecule has 4 rings (SSSR count). The van der Waals surface area contributed by atoms with E-state index in [1.54, 1.807) is 42.5 Å². The molecular weight excluding hydrogens is 501 g/mol. The number of thioether (sulfide) groups is 1. The van der Waals surface area contributed by atoms with Gasteiger partial charge in [0.25, 0.3) is 5.91 Å². The largest absolute Gasteiger partial charge is 0.321 e. The fraction of sp³-hybridized carbons (Fsp3) is 0.148. The standard InChI is InChI=1S/C27H21Cl2N3O2S/c1-16-3-8-20(9-4-16)31-25(33)22(15-30)27-32(21-10-5-17(2)6-11-21)26(34)24(35-27)14-18-13-19(28)7-12-23(18)29/h3-13,24H,14H2,1-2H3,(H,31,33)/b27-22-/t24-/m0/s1. The molecule has 1 atom stereocenters. The van der Waals surface area contributed by atoms with Crippen LogP contribution in [-0.4, -0.2) is 17.1 Å². The number of carbonyl (C=O) groups excluding carboxylic acids is 2. The first-order valence-corrected chi connectivity index (χ1v) is 12.4. The van der Waals surface area contributed by atoms with Gasteiger partial charge in [0.15, 0.2) is 0 Å². The molecule has 0 unspecified atom stereocenters. The predicted octanol–water partition coefficient (Wildman–Crippen LogP) is 6.68. The van der Waals surface area contributed by atoms with Crippen LogP contribution in [0.2, 0.25) is 10.0 Å². The minimum atomic E-state index is -0.585. The van der Waals surface area contributed by atoms with Crippen molar-refractivity contribution in [3.05, 3.63) is 104 Å². The Morgan fingerprint density at radius 1 is 1.03 bits per heavy atom. The van der Waals surface area contributed by atoms with E-state index >= 15 is 0 Å². The molecule has 8 heteroatoms. The van der Waals surface area contributed by atoms with Crippen molar-refractivity contribution in [3.63, 3.8) is 0 Å². The van der Waals surface area contributed by atoms with Gasteiger partial charge in [-0.3, -0.25) is 14.5 Å². The molecule has 1 heterocycles. The average Bonchev–Trinajstić information content (AvgIpc) is 3.14. The minimum absolute atomic E-state index is 0.135. The number of amides is 2. The second kappa shape index (κ2) is 10.6. The Morgan fingerprint density at radius 2 is 1.66 bits per heavy atom. The molecule has 35 heavy (non-hydrogen) atoms. The number of carbonyl (C=O) groups is 2. The maximum Gasteiger partial charge on any atom is 0.269 e. The predicted molar refractivity (Wildman–Crippen MR) is 143 cm³/mol. The highest BCUT2D eigenvalue weighted by Crippen LogP contribution is 2.42. The van der Waals surface area contributed by atoms with Gasteiger partial charge >= 0.3 is 0 Å². The van der Waals surface area contributed by atoms with Gasteiger partial charge in [0.05, 0.1) is 5.25 Å². The number of nitrogens with zero attached hydrogens (tertiary/aromatic N) is 2. The molecule has 0 aromatic heterocycles. The summed E-state index contributed by atoms with van der Waals surface area (Å²) in [7, 11) is 0. The number of halogens is 2. The zero-order valence-corrected chi connectivity index (χ0v) is 21.3. The monoisotopic (exact) mass is 521 g/mol. The molecule has 2 amide bonds. The normalized spacial score (nSPS) is 16.7. The smallest absolute Gasteiger partial charge is 0.269 e. The van der Waals surface area contributed by atoms with Gasteiger partial charge in [-0.2, -0.15) is 5.26 Å². The maximum absolute atomic E-state index is 13.6. The van der Waals surface area contributed by atoms with Crippen molar-refractivity contribution in [3.8, 4) is 6.07 Å². The van der Waals surface area contributed by atoms with E-state index in [-0.39, 0.29) is 16.5 Å². The van der Waals surface area contributed by atoms with Crippen LogP contribution in [-0.2, 0) is 16.0 Å². The quantitative estimate of drug-likeness (QED) is 0.300. The van der Waals surface area contributed by atoms with E-state index in [0.717, 1.165) is 16.7 Å². The second-order valence-corrected chi connectivity index (χ2v) is 10.2. The number of rotatable bonds is 5. The summed E-state index contributed by atoms with van der Waals surface area (Å²) in [6, 6.07) is 21.7. The molecule has 176 valence electrons. The summed E-state index contributed by atoms with van der Waals surface area (Å²) in [6.45, 7) is 3.89. The van der Waals surface area contributed by atoms with Gasteiger partial charge in [-0.15, -0.1) is 0 Å². The first kappa shape index (κ1) is 24.9. The van der Waals surface area contributed by atoms with Crippen LogP contribution in [0.5, 0.6) is 0 Å². The van der Waals surface area contributed by atoms with Crippen molar-refractivity contribution in [2.45, 2.75) is 25.5 Å². The van der Waals surface area contributed by atoms with Gasteiger partial charge in [-0.25, -0.2) is 0 Å². The fourth-order valence-electron chi connectivity index (χ4n) is 3.65. The molecule has 0 aliphatic carbocycles. The highest BCUT2D eigenvalue weighted by molar-refractivity contribution is 8.05. The summed E-state index contributed by atoms with van der Waals surface area (Å²) in [5.41, 5.74) is 3.80. The summed E-state index contributed by atoms with van der Waals surface area (Å²) in [5, 5.41) is 13.5. The van der Waals surface area contributed by atoms with Gasteiger partial charge in [0.2, 0.25) is 5.91 Å². The third kappa shape index (κ3) is 5.54. The third-order valence-corrected chi connectivity index (χ3v) is 7.39. The van der Waals surface area contributed by atoms with Crippen molar-refractivity contribution in [1.82, 2.24) is 0 Å². The first-order chi connectivity index (χ1) is 16.8. The number of hydrogen-bond donors (Lipinski definition) is 1. The van der Waals surface area contributed by atoms with Gasteiger partial charge in [-0.1, -0.05) is 70.4 Å². The molecule has 1 saturated heterocycles. The average molecular weight is 522 g/mol. The number of hydrogen-bond acceptors (Lipinski definition) is 4. The number of aryl methyl sites for hydroxylation is 2. The molecule has 3 aromatic rings. The molecule has 5 nitrogen and oxygen atoms in total. The Morgan fingerprint density at radius 3 is 2.29 bits per heavy atom. The van der Waals surface area contributed by atoms with E-state index in [9.17, 15) is 14.9 Å². The molecule has 0 bridgehead atoms. The molecule has 1 N–H and O–H groups in total. The lowest BCUT2D eigenvalue weighted by molar-refractivity contribution is -0.117. The Hall–Kier alpha value is -3.24. The van der Waals surface area contributed by atoms with Gasteiger partial charge in [0.1, 0.15) is 16.7 Å². The van der Waals surface area contributed by atoms with Gasteiger partial charge in [-0.05, 0) is 68.3 Å². The third-order valence-electron chi connectivity index (χ3n) is 5.52. The molecule has 1 fully saturated rings. The fourth-order valence-corrected chi connectivity index (χ4v) is 5.33. The number of benzene rings is 3. The molecule has 0 radical (unpaired) electrons. The van der Waals surface area contributed by atoms with E-state index in [1.807, 2.05) is 44.2 Å². The van der Waals surface area contributed by atoms with Crippen molar-refractivity contribution < 1.29 is 9.59 Å². The minimum Gasteiger partial charge on any atom is -0.321 e. The van der Waals surface area contributed by atoms with Crippen molar-refractivity contribution in [2.24, 2.45) is 0 Å².